The second kappa shape index (κ2) is 12.7. The molecule has 1 fully saturated rings. The summed E-state index contributed by atoms with van der Waals surface area (Å²) < 4.78 is 14.5. The molecular weight excluding hydrogens is 513 g/mol. The van der Waals surface area contributed by atoms with Gasteiger partial charge in [0.05, 0.1) is 12.6 Å². The van der Waals surface area contributed by atoms with Gasteiger partial charge >= 0.3 is 0 Å². The third-order valence-corrected chi connectivity index (χ3v) is 7.35. The third kappa shape index (κ3) is 6.66. The molecule has 1 heterocycles. The number of phenolic OH excluding ortho intramolecular Hbond substituents is 1. The molecule has 0 unspecified atom stereocenters. The van der Waals surface area contributed by atoms with E-state index in [1.807, 2.05) is 37.3 Å². The number of benzene rings is 3. The van der Waals surface area contributed by atoms with Crippen LogP contribution in [0, 0.1) is 13.8 Å². The predicted molar refractivity (Wildman–Crippen MR) is 148 cm³/mol. The molecule has 4 rings (SSSR count). The Kier molecular flexibility index (Phi) is 9.16. The van der Waals surface area contributed by atoms with Crippen LogP contribution in [0.5, 0.6) is 5.75 Å². The van der Waals surface area contributed by atoms with Gasteiger partial charge in [-0.3, -0.25) is 14.4 Å². The number of rotatable bonds is 9. The lowest BCUT2D eigenvalue weighted by Gasteiger charge is -2.30. The number of phenols is 1. The van der Waals surface area contributed by atoms with E-state index in [9.17, 15) is 29.0 Å². The van der Waals surface area contributed by atoms with Crippen LogP contribution in [0.1, 0.15) is 39.0 Å². The molecule has 0 saturated carbocycles. The Bertz CT molecular complexity index is 1370. The number of hydrogen-bond acceptors (Lipinski definition) is 5. The van der Waals surface area contributed by atoms with Gasteiger partial charge in [-0.05, 0) is 49.1 Å². The van der Waals surface area contributed by atoms with E-state index >= 15 is 0 Å². The lowest BCUT2D eigenvalue weighted by Crippen LogP contribution is -2.55. The van der Waals surface area contributed by atoms with Gasteiger partial charge in [-0.25, -0.2) is 4.39 Å². The van der Waals surface area contributed by atoms with Crippen molar-refractivity contribution in [1.29, 1.82) is 0 Å². The lowest BCUT2D eigenvalue weighted by atomic mass is 9.98. The summed E-state index contributed by atoms with van der Waals surface area (Å²) in [7, 11) is 0. The first kappa shape index (κ1) is 28.8. The average molecular weight is 548 g/mol. The number of amides is 3. The molecule has 0 aliphatic carbocycles. The molecule has 3 aromatic rings. The van der Waals surface area contributed by atoms with Crippen molar-refractivity contribution >= 4 is 17.7 Å². The summed E-state index contributed by atoms with van der Waals surface area (Å²) in [6, 6.07) is 18.9. The van der Waals surface area contributed by atoms with E-state index in [2.05, 4.69) is 10.6 Å². The van der Waals surface area contributed by atoms with E-state index < -0.39 is 42.1 Å². The van der Waals surface area contributed by atoms with Crippen molar-refractivity contribution < 1.29 is 29.0 Å². The quantitative estimate of drug-likeness (QED) is 0.329. The molecule has 0 radical (unpaired) electrons. The maximum absolute atomic E-state index is 14.5. The van der Waals surface area contributed by atoms with Gasteiger partial charge in [-0.15, -0.1) is 0 Å². The number of aliphatic hydroxyl groups excluding tert-OH is 1. The Morgan fingerprint density at radius 2 is 1.70 bits per heavy atom. The average Bonchev–Trinajstić information content (AvgIpc) is 3.35. The maximum atomic E-state index is 14.5. The summed E-state index contributed by atoms with van der Waals surface area (Å²) in [6.45, 7) is 3.39. The van der Waals surface area contributed by atoms with Crippen LogP contribution in [0.25, 0.3) is 0 Å². The Hall–Kier alpha value is -4.24. The Morgan fingerprint density at radius 3 is 2.42 bits per heavy atom. The molecule has 4 atom stereocenters. The van der Waals surface area contributed by atoms with Crippen LogP contribution in [0.4, 0.5) is 4.39 Å². The van der Waals surface area contributed by atoms with Crippen LogP contribution in [0.3, 0.4) is 0 Å². The highest BCUT2D eigenvalue weighted by molar-refractivity contribution is 5.97. The largest absolute Gasteiger partial charge is 0.508 e. The van der Waals surface area contributed by atoms with Crippen molar-refractivity contribution in [2.75, 3.05) is 6.54 Å². The standard InChI is InChI=1S/C31H34FN3O5/c1-19-9-6-7-12-22(19)17-33-30(39)26-16-23(32)18-35(26)31(40)28(37)25(15-21-10-4-3-5-11-21)34-29(38)24-13-8-14-27(36)20(24)2/h3-14,23,25-26,28,36-37H,15-18H2,1-2H3,(H,33,39)(H,34,38)/t23-,25-,26-,28-/m0/s1. The molecule has 0 aromatic heterocycles. The second-order valence-corrected chi connectivity index (χ2v) is 10.1. The van der Waals surface area contributed by atoms with Crippen LogP contribution >= 0.6 is 0 Å². The van der Waals surface area contributed by atoms with Crippen LogP contribution in [-0.4, -0.2) is 63.7 Å². The topological polar surface area (TPSA) is 119 Å². The van der Waals surface area contributed by atoms with Crippen molar-refractivity contribution in [2.24, 2.45) is 0 Å². The smallest absolute Gasteiger partial charge is 0.254 e. The number of carbonyl (C=O) groups is 3. The van der Waals surface area contributed by atoms with E-state index in [-0.39, 0.29) is 37.2 Å². The Balaban J connectivity index is 1.52. The molecule has 1 saturated heterocycles. The van der Waals surface area contributed by atoms with Gasteiger partial charge in [0.1, 0.15) is 18.0 Å². The lowest BCUT2D eigenvalue weighted by molar-refractivity contribution is -0.146. The highest BCUT2D eigenvalue weighted by atomic mass is 19.1. The summed E-state index contributed by atoms with van der Waals surface area (Å²) in [6.07, 6.45) is -3.26. The van der Waals surface area contributed by atoms with Crippen molar-refractivity contribution in [3.8, 4) is 5.75 Å². The molecule has 8 nitrogen and oxygen atoms in total. The summed E-state index contributed by atoms with van der Waals surface area (Å²) in [4.78, 5) is 40.8. The van der Waals surface area contributed by atoms with E-state index in [4.69, 9.17) is 0 Å². The molecule has 3 aromatic carbocycles. The van der Waals surface area contributed by atoms with Crippen molar-refractivity contribution in [3.05, 3.63) is 101 Å². The second-order valence-electron chi connectivity index (χ2n) is 10.1. The summed E-state index contributed by atoms with van der Waals surface area (Å²) >= 11 is 0. The number of halogens is 1. The minimum Gasteiger partial charge on any atom is -0.508 e. The SMILES string of the molecule is Cc1ccccc1CNC(=O)[C@@H]1C[C@H](F)CN1C(=O)[C@@H](O)[C@H](Cc1ccccc1)NC(=O)c1cccc(O)c1C. The zero-order valence-electron chi connectivity index (χ0n) is 22.5. The number of nitrogens with zero attached hydrogens (tertiary/aromatic N) is 1. The third-order valence-electron chi connectivity index (χ3n) is 7.35. The number of likely N-dealkylation sites (tertiary alicyclic amines) is 1. The van der Waals surface area contributed by atoms with Gasteiger partial charge < -0.3 is 25.7 Å². The number of aliphatic hydroxyl groups is 1. The van der Waals surface area contributed by atoms with Crippen LogP contribution in [-0.2, 0) is 22.6 Å². The number of aromatic hydroxyl groups is 1. The zero-order valence-corrected chi connectivity index (χ0v) is 22.5. The molecule has 3 amide bonds. The normalized spacial score (nSPS) is 18.1. The van der Waals surface area contributed by atoms with Gasteiger partial charge in [-0.1, -0.05) is 60.7 Å². The predicted octanol–water partition coefficient (Wildman–Crippen LogP) is 2.97. The summed E-state index contributed by atoms with van der Waals surface area (Å²) in [5.74, 6) is -2.00. The molecule has 210 valence electrons. The van der Waals surface area contributed by atoms with Gasteiger partial charge in [0.15, 0.2) is 6.10 Å². The monoisotopic (exact) mass is 547 g/mol. The van der Waals surface area contributed by atoms with Gasteiger partial charge in [0.2, 0.25) is 5.91 Å². The fourth-order valence-corrected chi connectivity index (χ4v) is 4.95. The molecule has 0 bridgehead atoms. The number of hydrogen-bond donors (Lipinski definition) is 4. The van der Waals surface area contributed by atoms with Crippen LogP contribution in [0.15, 0.2) is 72.8 Å². The summed E-state index contributed by atoms with van der Waals surface area (Å²) in [5, 5.41) is 26.8. The minimum atomic E-state index is -1.75. The Morgan fingerprint density at radius 1 is 1.00 bits per heavy atom. The molecule has 40 heavy (non-hydrogen) atoms. The first-order valence-electron chi connectivity index (χ1n) is 13.2. The maximum Gasteiger partial charge on any atom is 0.254 e. The molecule has 9 heteroatoms. The molecule has 4 N–H and O–H groups in total. The molecule has 1 aliphatic rings. The highest BCUT2D eigenvalue weighted by Gasteiger charge is 2.43. The number of carbonyl (C=O) groups excluding carboxylic acids is 3. The van der Waals surface area contributed by atoms with Gasteiger partial charge in [0.25, 0.3) is 11.8 Å². The van der Waals surface area contributed by atoms with Gasteiger partial charge in [-0.2, -0.15) is 0 Å². The Labute approximate surface area is 232 Å². The fourth-order valence-electron chi connectivity index (χ4n) is 4.95. The van der Waals surface area contributed by atoms with Crippen molar-refractivity contribution in [2.45, 2.75) is 57.6 Å². The van der Waals surface area contributed by atoms with E-state index in [1.165, 1.54) is 18.2 Å². The number of nitrogens with one attached hydrogen (secondary N) is 2. The first-order chi connectivity index (χ1) is 19.2. The van der Waals surface area contributed by atoms with Crippen molar-refractivity contribution in [3.63, 3.8) is 0 Å². The number of alkyl halides is 1. The molecule has 1 aliphatic heterocycles. The molecule has 0 spiro atoms. The van der Waals surface area contributed by atoms with Crippen LogP contribution in [0.2, 0.25) is 0 Å². The molecular formula is C31H34FN3O5. The summed E-state index contributed by atoms with van der Waals surface area (Å²) in [5.41, 5.74) is 3.18. The van der Waals surface area contributed by atoms with Crippen molar-refractivity contribution in [1.82, 2.24) is 15.5 Å². The highest BCUT2D eigenvalue weighted by Crippen LogP contribution is 2.24. The van der Waals surface area contributed by atoms with E-state index in [0.717, 1.165) is 21.6 Å². The minimum absolute atomic E-state index is 0.0607. The van der Waals surface area contributed by atoms with E-state index in [1.54, 1.807) is 31.2 Å². The number of aryl methyl sites for hydroxylation is 1. The van der Waals surface area contributed by atoms with Crippen LogP contribution < -0.4 is 10.6 Å². The first-order valence-corrected chi connectivity index (χ1v) is 13.2. The van der Waals surface area contributed by atoms with E-state index in [0.29, 0.717) is 5.56 Å². The van der Waals surface area contributed by atoms with Gasteiger partial charge in [0, 0.05) is 24.1 Å². The fraction of sp³-hybridized carbons (Fsp3) is 0.323. The zero-order chi connectivity index (χ0) is 28.8.